The van der Waals surface area contributed by atoms with Crippen molar-refractivity contribution in [2.45, 2.75) is 11.8 Å². The smallest absolute Gasteiger partial charge is 0.263 e. The maximum atomic E-state index is 13.2. The molecule has 0 saturated heterocycles. The van der Waals surface area contributed by atoms with Gasteiger partial charge in [0.1, 0.15) is 11.6 Å². The van der Waals surface area contributed by atoms with Gasteiger partial charge in [0.2, 0.25) is 5.28 Å². The van der Waals surface area contributed by atoms with Crippen LogP contribution in [0.5, 0.6) is 0 Å². The van der Waals surface area contributed by atoms with E-state index in [1.54, 1.807) is 0 Å². The Hall–Kier alpha value is -1.93. The fraction of sp³-hybridized carbons (Fsp3) is 0.0909. The third-order valence-electron chi connectivity index (χ3n) is 2.45. The number of nitrogens with one attached hydrogen (secondary N) is 1. The second kappa shape index (κ2) is 5.22. The zero-order chi connectivity index (χ0) is 14.9. The summed E-state index contributed by atoms with van der Waals surface area (Å²) in [6.45, 7) is 1.46. The normalized spacial score (nSPS) is 11.3. The molecule has 2 rings (SSSR count). The molecule has 9 heteroatoms. The molecule has 0 atom stereocenters. The summed E-state index contributed by atoms with van der Waals surface area (Å²) in [4.78, 5) is 7.21. The van der Waals surface area contributed by atoms with Gasteiger partial charge in [-0.15, -0.1) is 0 Å². The van der Waals surface area contributed by atoms with Gasteiger partial charge < -0.3 is 5.73 Å². The number of aromatic nitrogens is 2. The van der Waals surface area contributed by atoms with E-state index in [2.05, 4.69) is 14.7 Å². The molecule has 0 aliphatic rings. The molecule has 0 amide bonds. The number of sulfonamides is 1. The summed E-state index contributed by atoms with van der Waals surface area (Å²) in [7, 11) is -3.95. The van der Waals surface area contributed by atoms with Crippen molar-refractivity contribution in [2.75, 3.05) is 10.5 Å². The van der Waals surface area contributed by atoms with Crippen LogP contribution in [-0.2, 0) is 10.0 Å². The van der Waals surface area contributed by atoms with Crippen molar-refractivity contribution in [3.63, 3.8) is 0 Å². The van der Waals surface area contributed by atoms with Gasteiger partial charge in [0.05, 0.1) is 10.6 Å². The highest BCUT2D eigenvalue weighted by molar-refractivity contribution is 7.92. The van der Waals surface area contributed by atoms with Crippen LogP contribution in [0.25, 0.3) is 0 Å². The number of halogens is 2. The minimum absolute atomic E-state index is 0.00676. The molecule has 0 unspecified atom stereocenters. The fourth-order valence-corrected chi connectivity index (χ4v) is 2.95. The Labute approximate surface area is 119 Å². The average molecular weight is 317 g/mol. The van der Waals surface area contributed by atoms with Crippen molar-refractivity contribution in [3.8, 4) is 0 Å². The number of hydrogen-bond acceptors (Lipinski definition) is 5. The van der Waals surface area contributed by atoms with Crippen molar-refractivity contribution in [1.82, 2.24) is 9.97 Å². The molecule has 106 valence electrons. The van der Waals surface area contributed by atoms with Crippen LogP contribution < -0.4 is 10.5 Å². The number of hydrogen-bond donors (Lipinski definition) is 2. The lowest BCUT2D eigenvalue weighted by molar-refractivity contribution is 0.599. The van der Waals surface area contributed by atoms with Crippen LogP contribution in [0.2, 0.25) is 5.28 Å². The molecule has 0 spiro atoms. The number of aryl methyl sites for hydroxylation is 1. The Balaban J connectivity index is 2.43. The van der Waals surface area contributed by atoms with Crippen molar-refractivity contribution >= 4 is 33.1 Å². The predicted octanol–water partition coefficient (Wildman–Crippen LogP) is 1.96. The highest BCUT2D eigenvalue weighted by atomic mass is 35.5. The zero-order valence-electron chi connectivity index (χ0n) is 10.3. The standard InChI is InChI=1S/C11H10ClFN4O2S/c1-6-4-7(13)8(14)5-9(6)20(18,19)17-10-2-3-15-11(12)16-10/h2-5H,14H2,1H3,(H,15,16,17). The summed E-state index contributed by atoms with van der Waals surface area (Å²) < 4.78 is 39.9. The average Bonchev–Trinajstić information content (AvgIpc) is 2.33. The van der Waals surface area contributed by atoms with Gasteiger partial charge >= 0.3 is 0 Å². The first-order valence-corrected chi connectivity index (χ1v) is 7.23. The second-order valence-electron chi connectivity index (χ2n) is 3.96. The lowest BCUT2D eigenvalue weighted by Crippen LogP contribution is -2.16. The summed E-state index contributed by atoms with van der Waals surface area (Å²) in [5.74, 6) is -0.668. The van der Waals surface area contributed by atoms with Gasteiger partial charge in [0, 0.05) is 6.20 Å². The number of anilines is 2. The van der Waals surface area contributed by atoms with E-state index >= 15 is 0 Å². The van der Waals surface area contributed by atoms with E-state index < -0.39 is 15.8 Å². The van der Waals surface area contributed by atoms with Crippen LogP contribution in [0, 0.1) is 12.7 Å². The quantitative estimate of drug-likeness (QED) is 0.666. The van der Waals surface area contributed by atoms with E-state index in [-0.39, 0.29) is 27.2 Å². The molecule has 3 N–H and O–H groups in total. The first kappa shape index (κ1) is 14.5. The van der Waals surface area contributed by atoms with E-state index in [4.69, 9.17) is 17.3 Å². The van der Waals surface area contributed by atoms with Gasteiger partial charge in [-0.2, -0.15) is 4.98 Å². The number of nitrogen functional groups attached to an aromatic ring is 1. The first-order valence-electron chi connectivity index (χ1n) is 5.36. The summed E-state index contributed by atoms with van der Waals surface area (Å²) in [6.07, 6.45) is 1.30. The van der Waals surface area contributed by atoms with E-state index in [1.807, 2.05) is 0 Å². The molecule has 0 aliphatic carbocycles. The van der Waals surface area contributed by atoms with Crippen molar-refractivity contribution in [2.24, 2.45) is 0 Å². The fourth-order valence-electron chi connectivity index (χ4n) is 1.54. The van der Waals surface area contributed by atoms with Crippen LogP contribution in [0.4, 0.5) is 15.9 Å². The van der Waals surface area contributed by atoms with Crippen molar-refractivity contribution in [3.05, 3.63) is 41.1 Å². The van der Waals surface area contributed by atoms with Crippen LogP contribution in [-0.4, -0.2) is 18.4 Å². The third-order valence-corrected chi connectivity index (χ3v) is 4.13. The second-order valence-corrected chi connectivity index (χ2v) is 5.94. The predicted molar refractivity (Wildman–Crippen MR) is 73.4 cm³/mol. The molecule has 0 aliphatic heterocycles. The Morgan fingerprint density at radius 1 is 1.40 bits per heavy atom. The summed E-state index contributed by atoms with van der Waals surface area (Å²) >= 11 is 5.57. The number of nitrogens with zero attached hydrogens (tertiary/aromatic N) is 2. The molecule has 1 heterocycles. The minimum Gasteiger partial charge on any atom is -0.396 e. The molecule has 6 nitrogen and oxygen atoms in total. The molecule has 0 bridgehead atoms. The zero-order valence-corrected chi connectivity index (χ0v) is 11.8. The molecular formula is C11H10ClFN4O2S. The molecular weight excluding hydrogens is 307 g/mol. The highest BCUT2D eigenvalue weighted by Crippen LogP contribution is 2.23. The summed E-state index contributed by atoms with van der Waals surface area (Å²) in [5.41, 5.74) is 5.36. The van der Waals surface area contributed by atoms with E-state index in [1.165, 1.54) is 19.2 Å². The monoisotopic (exact) mass is 316 g/mol. The molecule has 1 aromatic carbocycles. The van der Waals surface area contributed by atoms with Gasteiger partial charge in [0.25, 0.3) is 10.0 Å². The first-order chi connectivity index (χ1) is 9.29. The molecule has 20 heavy (non-hydrogen) atoms. The number of rotatable bonds is 3. The molecule has 2 aromatic rings. The highest BCUT2D eigenvalue weighted by Gasteiger charge is 2.19. The van der Waals surface area contributed by atoms with Gasteiger partial charge in [-0.25, -0.2) is 17.8 Å². The largest absolute Gasteiger partial charge is 0.396 e. The van der Waals surface area contributed by atoms with Gasteiger partial charge in [-0.3, -0.25) is 4.72 Å². The van der Waals surface area contributed by atoms with Gasteiger partial charge in [0.15, 0.2) is 0 Å². The van der Waals surface area contributed by atoms with Gasteiger partial charge in [-0.1, -0.05) is 0 Å². The van der Waals surface area contributed by atoms with Crippen LogP contribution in [0.1, 0.15) is 5.56 Å². The molecule has 1 aromatic heterocycles. The lowest BCUT2D eigenvalue weighted by Gasteiger charge is -2.10. The Kier molecular flexibility index (Phi) is 3.78. The maximum Gasteiger partial charge on any atom is 0.263 e. The van der Waals surface area contributed by atoms with Gasteiger partial charge in [-0.05, 0) is 42.3 Å². The SMILES string of the molecule is Cc1cc(F)c(N)cc1S(=O)(=O)Nc1ccnc(Cl)n1. The van der Waals surface area contributed by atoms with Crippen LogP contribution in [0.15, 0.2) is 29.3 Å². The number of nitrogens with two attached hydrogens (primary N) is 1. The molecule has 0 radical (unpaired) electrons. The Morgan fingerprint density at radius 3 is 2.75 bits per heavy atom. The summed E-state index contributed by atoms with van der Waals surface area (Å²) in [5, 5.41) is -0.0967. The number of benzene rings is 1. The van der Waals surface area contributed by atoms with Crippen LogP contribution in [0.3, 0.4) is 0 Å². The lowest BCUT2D eigenvalue weighted by atomic mass is 10.2. The van der Waals surface area contributed by atoms with E-state index in [0.717, 1.165) is 12.1 Å². The topological polar surface area (TPSA) is 98.0 Å². The van der Waals surface area contributed by atoms with Crippen molar-refractivity contribution < 1.29 is 12.8 Å². The maximum absolute atomic E-state index is 13.2. The van der Waals surface area contributed by atoms with E-state index in [9.17, 15) is 12.8 Å². The Bertz CT molecular complexity index is 767. The van der Waals surface area contributed by atoms with Crippen LogP contribution >= 0.6 is 11.6 Å². The van der Waals surface area contributed by atoms with E-state index in [0.29, 0.717) is 0 Å². The molecule has 0 fully saturated rings. The third kappa shape index (κ3) is 2.97. The minimum atomic E-state index is -3.95. The Morgan fingerprint density at radius 2 is 2.10 bits per heavy atom. The van der Waals surface area contributed by atoms with Crippen molar-refractivity contribution in [1.29, 1.82) is 0 Å². The molecule has 0 saturated carbocycles. The summed E-state index contributed by atoms with van der Waals surface area (Å²) in [6, 6.07) is 3.44.